The summed E-state index contributed by atoms with van der Waals surface area (Å²) in [7, 11) is 1.73. The maximum absolute atomic E-state index is 11.1. The van der Waals surface area contributed by atoms with Crippen LogP contribution in [0.25, 0.3) is 0 Å². The van der Waals surface area contributed by atoms with Gasteiger partial charge in [-0.05, 0) is 12.1 Å². The summed E-state index contributed by atoms with van der Waals surface area (Å²) in [5, 5.41) is 3.20. The van der Waals surface area contributed by atoms with Gasteiger partial charge in [-0.15, -0.1) is 0 Å². The third kappa shape index (κ3) is 2.28. The summed E-state index contributed by atoms with van der Waals surface area (Å²) >= 11 is 0. The molecule has 0 fully saturated rings. The molecule has 0 aliphatic carbocycles. The van der Waals surface area contributed by atoms with Crippen LogP contribution in [0.3, 0.4) is 0 Å². The number of aromatic nitrogens is 1. The van der Waals surface area contributed by atoms with Crippen molar-refractivity contribution in [2.45, 2.75) is 6.54 Å². The lowest BCUT2D eigenvalue weighted by Gasteiger charge is -2.05. The van der Waals surface area contributed by atoms with Crippen molar-refractivity contribution in [3.8, 4) is 0 Å². The van der Waals surface area contributed by atoms with Crippen LogP contribution in [0.2, 0.25) is 0 Å². The predicted molar refractivity (Wildman–Crippen MR) is 57.7 cm³/mol. The van der Waals surface area contributed by atoms with Gasteiger partial charge >= 0.3 is 0 Å². The fourth-order valence-corrected chi connectivity index (χ4v) is 1.30. The number of pyridine rings is 1. The van der Waals surface area contributed by atoms with Gasteiger partial charge in [0.25, 0.3) is 0 Å². The van der Waals surface area contributed by atoms with Crippen LogP contribution < -0.4 is 10.9 Å². The fraction of sp³-hybridized carbons (Fsp3) is 0.182. The molecule has 0 bridgehead atoms. The minimum atomic E-state index is -0.0103. The standard InChI is InChI=1S/C11H12N2O2/c1-13-7-10(2-3-11(13)14)12-6-9-4-5-15-8-9/h2-5,7-8,12H,6H2,1H3. The van der Waals surface area contributed by atoms with Gasteiger partial charge in [0, 0.05) is 31.4 Å². The second-order valence-corrected chi connectivity index (χ2v) is 3.35. The molecule has 1 N–H and O–H groups in total. The van der Waals surface area contributed by atoms with E-state index < -0.39 is 0 Å². The highest BCUT2D eigenvalue weighted by atomic mass is 16.3. The minimum absolute atomic E-state index is 0.0103. The molecule has 0 aromatic carbocycles. The normalized spacial score (nSPS) is 10.2. The van der Waals surface area contributed by atoms with Crippen LogP contribution in [0.5, 0.6) is 0 Å². The molecule has 15 heavy (non-hydrogen) atoms. The van der Waals surface area contributed by atoms with Crippen molar-refractivity contribution < 1.29 is 4.42 Å². The largest absolute Gasteiger partial charge is 0.472 e. The summed E-state index contributed by atoms with van der Waals surface area (Å²) in [4.78, 5) is 11.1. The average molecular weight is 204 g/mol. The molecule has 2 aromatic heterocycles. The second kappa shape index (κ2) is 4.04. The fourth-order valence-electron chi connectivity index (χ4n) is 1.30. The molecule has 0 radical (unpaired) electrons. The van der Waals surface area contributed by atoms with Gasteiger partial charge in [0.2, 0.25) is 5.56 Å². The van der Waals surface area contributed by atoms with E-state index in [1.54, 1.807) is 31.8 Å². The molecule has 0 atom stereocenters. The van der Waals surface area contributed by atoms with E-state index in [1.165, 1.54) is 10.6 Å². The van der Waals surface area contributed by atoms with E-state index in [2.05, 4.69) is 5.32 Å². The van der Waals surface area contributed by atoms with Gasteiger partial charge in [0.05, 0.1) is 18.2 Å². The number of anilines is 1. The summed E-state index contributed by atoms with van der Waals surface area (Å²) in [5.41, 5.74) is 1.98. The van der Waals surface area contributed by atoms with Gasteiger partial charge in [-0.25, -0.2) is 0 Å². The first-order chi connectivity index (χ1) is 7.25. The van der Waals surface area contributed by atoms with Crippen molar-refractivity contribution >= 4 is 5.69 Å². The molecule has 78 valence electrons. The van der Waals surface area contributed by atoms with Crippen LogP contribution >= 0.6 is 0 Å². The lowest BCUT2D eigenvalue weighted by molar-refractivity contribution is 0.564. The number of furan rings is 1. The van der Waals surface area contributed by atoms with E-state index in [0.29, 0.717) is 6.54 Å². The van der Waals surface area contributed by atoms with Gasteiger partial charge in [-0.1, -0.05) is 0 Å². The highest BCUT2D eigenvalue weighted by molar-refractivity contribution is 5.40. The highest BCUT2D eigenvalue weighted by Crippen LogP contribution is 2.06. The maximum atomic E-state index is 11.1. The molecule has 0 unspecified atom stereocenters. The lowest BCUT2D eigenvalue weighted by atomic mass is 10.3. The number of rotatable bonds is 3. The Morgan fingerprint density at radius 1 is 1.40 bits per heavy atom. The third-order valence-corrected chi connectivity index (χ3v) is 2.16. The molecule has 0 saturated heterocycles. The summed E-state index contributed by atoms with van der Waals surface area (Å²) < 4.78 is 6.49. The van der Waals surface area contributed by atoms with Crippen LogP contribution in [0.1, 0.15) is 5.56 Å². The van der Waals surface area contributed by atoms with E-state index in [9.17, 15) is 4.79 Å². The van der Waals surface area contributed by atoms with E-state index >= 15 is 0 Å². The molecule has 2 rings (SSSR count). The van der Waals surface area contributed by atoms with E-state index in [1.807, 2.05) is 6.07 Å². The van der Waals surface area contributed by atoms with Crippen LogP contribution in [-0.2, 0) is 13.6 Å². The predicted octanol–water partition coefficient (Wildman–Crippen LogP) is 1.59. The summed E-state index contributed by atoms with van der Waals surface area (Å²) in [5.74, 6) is 0. The second-order valence-electron chi connectivity index (χ2n) is 3.35. The summed E-state index contributed by atoms with van der Waals surface area (Å²) in [6.45, 7) is 0.689. The molecule has 0 saturated carbocycles. The van der Waals surface area contributed by atoms with Gasteiger partial charge in [-0.2, -0.15) is 0 Å². The number of nitrogens with zero attached hydrogens (tertiary/aromatic N) is 1. The number of nitrogens with one attached hydrogen (secondary N) is 1. The minimum Gasteiger partial charge on any atom is -0.472 e. The molecule has 0 aliphatic rings. The Morgan fingerprint density at radius 2 is 2.27 bits per heavy atom. The Morgan fingerprint density at radius 3 is 2.93 bits per heavy atom. The molecule has 2 heterocycles. The van der Waals surface area contributed by atoms with Crippen LogP contribution in [0.15, 0.2) is 46.1 Å². The zero-order chi connectivity index (χ0) is 10.7. The van der Waals surface area contributed by atoms with Gasteiger partial charge in [0.1, 0.15) is 0 Å². The molecular weight excluding hydrogens is 192 g/mol. The lowest BCUT2D eigenvalue weighted by Crippen LogP contribution is -2.15. The quantitative estimate of drug-likeness (QED) is 0.825. The van der Waals surface area contributed by atoms with Gasteiger partial charge in [0.15, 0.2) is 0 Å². The Kier molecular flexibility index (Phi) is 2.58. The van der Waals surface area contributed by atoms with E-state index in [0.717, 1.165) is 11.3 Å². The van der Waals surface area contributed by atoms with Gasteiger partial charge in [-0.3, -0.25) is 4.79 Å². The van der Waals surface area contributed by atoms with Crippen molar-refractivity contribution in [2.24, 2.45) is 7.05 Å². The van der Waals surface area contributed by atoms with E-state index in [-0.39, 0.29) is 5.56 Å². The Hall–Kier alpha value is -1.97. The zero-order valence-corrected chi connectivity index (χ0v) is 8.43. The highest BCUT2D eigenvalue weighted by Gasteiger charge is 1.96. The molecule has 0 aliphatic heterocycles. The number of hydrogen-bond donors (Lipinski definition) is 1. The molecule has 0 amide bonds. The van der Waals surface area contributed by atoms with Crippen molar-refractivity contribution in [2.75, 3.05) is 5.32 Å². The number of hydrogen-bond acceptors (Lipinski definition) is 3. The van der Waals surface area contributed by atoms with Crippen LogP contribution in [0, 0.1) is 0 Å². The van der Waals surface area contributed by atoms with E-state index in [4.69, 9.17) is 4.42 Å². The molecular formula is C11H12N2O2. The first-order valence-electron chi connectivity index (χ1n) is 4.67. The van der Waals surface area contributed by atoms with Crippen molar-refractivity contribution in [3.05, 3.63) is 52.8 Å². The Bertz CT molecular complexity index is 486. The van der Waals surface area contributed by atoms with Crippen molar-refractivity contribution in [3.63, 3.8) is 0 Å². The maximum Gasteiger partial charge on any atom is 0.250 e. The summed E-state index contributed by atoms with van der Waals surface area (Å²) in [6.07, 6.45) is 5.09. The first-order valence-corrected chi connectivity index (χ1v) is 4.67. The Balaban J connectivity index is 2.05. The van der Waals surface area contributed by atoms with Crippen LogP contribution in [0.4, 0.5) is 5.69 Å². The van der Waals surface area contributed by atoms with Gasteiger partial charge < -0.3 is 14.3 Å². The average Bonchev–Trinajstić information content (AvgIpc) is 2.73. The number of aryl methyl sites for hydroxylation is 1. The van der Waals surface area contributed by atoms with Crippen molar-refractivity contribution in [1.82, 2.24) is 4.57 Å². The first kappa shape index (κ1) is 9.58. The monoisotopic (exact) mass is 204 g/mol. The van der Waals surface area contributed by atoms with Crippen molar-refractivity contribution in [1.29, 1.82) is 0 Å². The molecule has 2 aromatic rings. The summed E-state index contributed by atoms with van der Waals surface area (Å²) in [6, 6.07) is 5.20. The topological polar surface area (TPSA) is 47.2 Å². The molecule has 0 spiro atoms. The zero-order valence-electron chi connectivity index (χ0n) is 8.43. The Labute approximate surface area is 87.2 Å². The molecule has 4 nitrogen and oxygen atoms in total. The molecule has 4 heteroatoms. The smallest absolute Gasteiger partial charge is 0.250 e. The third-order valence-electron chi connectivity index (χ3n) is 2.16. The SMILES string of the molecule is Cn1cc(NCc2ccoc2)ccc1=O. The van der Waals surface area contributed by atoms with Crippen LogP contribution in [-0.4, -0.2) is 4.57 Å².